The van der Waals surface area contributed by atoms with Crippen molar-refractivity contribution in [3.63, 3.8) is 0 Å². The molecule has 9 heteroatoms. The Morgan fingerprint density at radius 2 is 2.08 bits per heavy atom. The quantitative estimate of drug-likeness (QED) is 0.698. The summed E-state index contributed by atoms with van der Waals surface area (Å²) >= 11 is 0. The van der Waals surface area contributed by atoms with E-state index in [2.05, 4.69) is 20.2 Å². The first-order valence-electron chi connectivity index (χ1n) is 8.48. The molecule has 136 valence electrons. The molecule has 8 nitrogen and oxygen atoms in total. The van der Waals surface area contributed by atoms with E-state index in [0.717, 1.165) is 43.1 Å². The summed E-state index contributed by atoms with van der Waals surface area (Å²) in [5, 5.41) is 11.9. The van der Waals surface area contributed by atoms with Gasteiger partial charge in [0, 0.05) is 25.5 Å². The maximum Gasteiger partial charge on any atom is 0.240 e. The molecule has 0 aliphatic carbocycles. The van der Waals surface area contributed by atoms with Crippen molar-refractivity contribution in [3.8, 4) is 5.69 Å². The van der Waals surface area contributed by atoms with Crippen LogP contribution in [0.25, 0.3) is 5.69 Å². The molecule has 1 aliphatic rings. The molecular weight excluding hydrogens is 352 g/mol. The van der Waals surface area contributed by atoms with E-state index >= 15 is 0 Å². The number of nitrogens with zero attached hydrogens (tertiary/aromatic N) is 4. The van der Waals surface area contributed by atoms with Gasteiger partial charge in [0.15, 0.2) is 0 Å². The zero-order valence-electron chi connectivity index (χ0n) is 14.2. The van der Waals surface area contributed by atoms with Crippen LogP contribution in [0, 0.1) is 0 Å². The zero-order chi connectivity index (χ0) is 18.0. The average Bonchev–Trinajstić information content (AvgIpc) is 3.26. The number of benzene rings is 1. The minimum Gasteiger partial charge on any atom is -0.311 e. The summed E-state index contributed by atoms with van der Waals surface area (Å²) in [5.74, 6) is 0. The molecule has 0 atom stereocenters. The summed E-state index contributed by atoms with van der Waals surface area (Å²) in [6.45, 7) is 2.75. The molecule has 3 heterocycles. The summed E-state index contributed by atoms with van der Waals surface area (Å²) in [6, 6.07) is 10.4. The first kappa shape index (κ1) is 17.0. The Morgan fingerprint density at radius 3 is 2.85 bits per heavy atom. The Kier molecular flexibility index (Phi) is 4.58. The SMILES string of the molecule is O=S(=O)(NCc1cc2n(n1)CCCNC2)c1ccc(-n2cccn2)cc1. The Morgan fingerprint density at radius 1 is 1.23 bits per heavy atom. The van der Waals surface area contributed by atoms with E-state index in [4.69, 9.17) is 0 Å². The van der Waals surface area contributed by atoms with Crippen LogP contribution in [0.1, 0.15) is 17.8 Å². The second kappa shape index (κ2) is 7.02. The van der Waals surface area contributed by atoms with Gasteiger partial charge in [0.05, 0.1) is 28.5 Å². The van der Waals surface area contributed by atoms with Crippen molar-refractivity contribution in [1.29, 1.82) is 0 Å². The lowest BCUT2D eigenvalue weighted by Crippen LogP contribution is -2.23. The Labute approximate surface area is 151 Å². The first-order chi connectivity index (χ1) is 12.6. The van der Waals surface area contributed by atoms with Crippen molar-refractivity contribution in [2.24, 2.45) is 0 Å². The van der Waals surface area contributed by atoms with Crippen molar-refractivity contribution < 1.29 is 8.42 Å². The highest BCUT2D eigenvalue weighted by Crippen LogP contribution is 2.14. The van der Waals surface area contributed by atoms with Crippen LogP contribution < -0.4 is 10.0 Å². The summed E-state index contributed by atoms with van der Waals surface area (Å²) in [6.07, 6.45) is 4.50. The molecule has 1 aliphatic heterocycles. The molecule has 0 bridgehead atoms. The van der Waals surface area contributed by atoms with Crippen LogP contribution in [-0.4, -0.2) is 34.5 Å². The van der Waals surface area contributed by atoms with E-state index in [1.807, 2.05) is 16.8 Å². The number of fused-ring (bicyclic) bond motifs is 1. The topological polar surface area (TPSA) is 93.8 Å². The fourth-order valence-electron chi connectivity index (χ4n) is 2.96. The van der Waals surface area contributed by atoms with E-state index in [0.29, 0.717) is 0 Å². The summed E-state index contributed by atoms with van der Waals surface area (Å²) in [7, 11) is -3.60. The molecule has 0 fully saturated rings. The highest BCUT2D eigenvalue weighted by molar-refractivity contribution is 7.89. The van der Waals surface area contributed by atoms with Crippen LogP contribution in [0.15, 0.2) is 53.7 Å². The van der Waals surface area contributed by atoms with Gasteiger partial charge < -0.3 is 5.32 Å². The van der Waals surface area contributed by atoms with Gasteiger partial charge in [0.2, 0.25) is 10.0 Å². The van der Waals surface area contributed by atoms with Gasteiger partial charge in [-0.15, -0.1) is 0 Å². The van der Waals surface area contributed by atoms with Crippen LogP contribution >= 0.6 is 0 Å². The van der Waals surface area contributed by atoms with Crippen molar-refractivity contribution in [2.45, 2.75) is 31.0 Å². The third-order valence-electron chi connectivity index (χ3n) is 4.30. The molecule has 0 saturated carbocycles. The van der Waals surface area contributed by atoms with Crippen LogP contribution in [0.3, 0.4) is 0 Å². The van der Waals surface area contributed by atoms with Crippen LogP contribution in [0.2, 0.25) is 0 Å². The van der Waals surface area contributed by atoms with Gasteiger partial charge in [-0.05, 0) is 49.4 Å². The predicted octanol–water partition coefficient (Wildman–Crippen LogP) is 1.04. The number of nitrogens with one attached hydrogen (secondary N) is 2. The lowest BCUT2D eigenvalue weighted by atomic mass is 10.3. The van der Waals surface area contributed by atoms with E-state index in [-0.39, 0.29) is 11.4 Å². The Bertz CT molecular complexity index is 953. The zero-order valence-corrected chi connectivity index (χ0v) is 15.0. The maximum atomic E-state index is 12.5. The molecular formula is C17H20N6O2S. The second-order valence-electron chi connectivity index (χ2n) is 6.15. The van der Waals surface area contributed by atoms with Crippen molar-refractivity contribution in [2.75, 3.05) is 6.54 Å². The minimum absolute atomic E-state index is 0.170. The second-order valence-corrected chi connectivity index (χ2v) is 7.92. The van der Waals surface area contributed by atoms with Gasteiger partial charge in [-0.3, -0.25) is 4.68 Å². The molecule has 3 aromatic rings. The fraction of sp³-hybridized carbons (Fsp3) is 0.294. The highest BCUT2D eigenvalue weighted by atomic mass is 32.2. The van der Waals surface area contributed by atoms with E-state index < -0.39 is 10.0 Å². The predicted molar refractivity (Wildman–Crippen MR) is 96.1 cm³/mol. The van der Waals surface area contributed by atoms with Gasteiger partial charge in [-0.1, -0.05) is 0 Å². The largest absolute Gasteiger partial charge is 0.311 e. The molecule has 1 aromatic carbocycles. The molecule has 2 aromatic heterocycles. The number of sulfonamides is 1. The smallest absolute Gasteiger partial charge is 0.240 e. The lowest BCUT2D eigenvalue weighted by molar-refractivity contribution is 0.568. The summed E-state index contributed by atoms with van der Waals surface area (Å²) in [5.41, 5.74) is 2.61. The van der Waals surface area contributed by atoms with Crippen molar-refractivity contribution in [3.05, 3.63) is 60.2 Å². The minimum atomic E-state index is -3.60. The fourth-order valence-corrected chi connectivity index (χ4v) is 3.96. The van der Waals surface area contributed by atoms with Crippen LogP contribution in [-0.2, 0) is 29.7 Å². The van der Waals surface area contributed by atoms with Gasteiger partial charge in [-0.25, -0.2) is 17.8 Å². The molecule has 0 amide bonds. The van der Waals surface area contributed by atoms with Crippen LogP contribution in [0.5, 0.6) is 0 Å². The first-order valence-corrected chi connectivity index (χ1v) is 9.96. The standard InChI is InChI=1S/C17H20N6O2S/c24-26(25,17-5-3-15(4-6-17)22-9-2-8-19-22)20-12-14-11-16-13-18-7-1-10-23(16)21-14/h2-6,8-9,11,18,20H,1,7,10,12-13H2. The normalized spacial score (nSPS) is 14.8. The van der Waals surface area contributed by atoms with Crippen LogP contribution in [0.4, 0.5) is 0 Å². The molecule has 0 saturated heterocycles. The Hall–Kier alpha value is -2.49. The monoisotopic (exact) mass is 372 g/mol. The third kappa shape index (κ3) is 3.55. The molecule has 0 radical (unpaired) electrons. The van der Waals surface area contributed by atoms with Gasteiger partial charge >= 0.3 is 0 Å². The number of hydrogen-bond donors (Lipinski definition) is 2. The van der Waals surface area contributed by atoms with E-state index in [9.17, 15) is 8.42 Å². The molecule has 2 N–H and O–H groups in total. The number of rotatable bonds is 5. The molecule has 0 unspecified atom stereocenters. The molecule has 4 rings (SSSR count). The number of hydrogen-bond acceptors (Lipinski definition) is 5. The number of aromatic nitrogens is 4. The average molecular weight is 372 g/mol. The molecule has 26 heavy (non-hydrogen) atoms. The lowest BCUT2D eigenvalue weighted by Gasteiger charge is -2.07. The van der Waals surface area contributed by atoms with E-state index in [1.165, 1.54) is 0 Å². The van der Waals surface area contributed by atoms with Gasteiger partial charge in [-0.2, -0.15) is 10.2 Å². The third-order valence-corrected chi connectivity index (χ3v) is 5.72. The van der Waals surface area contributed by atoms with Crippen molar-refractivity contribution >= 4 is 10.0 Å². The number of aryl methyl sites for hydroxylation is 1. The van der Waals surface area contributed by atoms with Crippen molar-refractivity contribution in [1.82, 2.24) is 29.6 Å². The van der Waals surface area contributed by atoms with Gasteiger partial charge in [0.25, 0.3) is 0 Å². The van der Waals surface area contributed by atoms with E-state index in [1.54, 1.807) is 41.3 Å². The Balaban J connectivity index is 1.45. The highest BCUT2D eigenvalue weighted by Gasteiger charge is 2.16. The maximum absolute atomic E-state index is 12.5. The molecule has 0 spiro atoms. The van der Waals surface area contributed by atoms with Gasteiger partial charge in [0.1, 0.15) is 0 Å². The summed E-state index contributed by atoms with van der Waals surface area (Å²) in [4.78, 5) is 0.218. The summed E-state index contributed by atoms with van der Waals surface area (Å²) < 4.78 is 31.3.